The molecular weight excluding hydrogens is 525 g/mol. The Morgan fingerprint density at radius 2 is 1.90 bits per heavy atom. The van der Waals surface area contributed by atoms with E-state index < -0.39 is 0 Å². The van der Waals surface area contributed by atoms with Crippen LogP contribution in [0.2, 0.25) is 0 Å². The lowest BCUT2D eigenvalue weighted by atomic mass is 10.2. The van der Waals surface area contributed by atoms with Crippen LogP contribution in [-0.4, -0.2) is 57.1 Å². The minimum absolute atomic E-state index is 0. The standard InChI is InChI=1S/C22H31N5O2S.HI/c1-23-22(25-15-19(20-6-5-13-30-20)27-11-3-4-12-27)26-16-21(28)24-14-17-7-9-18(29-2)10-8-17;/h5-10,13,19H,3-4,11-12,14-16H2,1-2H3,(H,24,28)(H2,23,25,26);1H. The number of aliphatic imine (C=N–C) groups is 1. The molecule has 1 fully saturated rings. The molecule has 0 saturated carbocycles. The maximum atomic E-state index is 12.2. The van der Waals surface area contributed by atoms with Crippen molar-refractivity contribution < 1.29 is 9.53 Å². The van der Waals surface area contributed by atoms with Crippen LogP contribution in [0.1, 0.15) is 29.3 Å². The molecule has 2 aromatic rings. The molecule has 1 aromatic carbocycles. The number of likely N-dealkylation sites (tertiary alicyclic amines) is 1. The summed E-state index contributed by atoms with van der Waals surface area (Å²) in [6.07, 6.45) is 2.51. The third kappa shape index (κ3) is 7.97. The van der Waals surface area contributed by atoms with E-state index in [1.807, 2.05) is 24.3 Å². The van der Waals surface area contributed by atoms with Crippen molar-refractivity contribution in [3.05, 3.63) is 52.2 Å². The number of rotatable bonds is 9. The van der Waals surface area contributed by atoms with Crippen LogP contribution < -0.4 is 20.7 Å². The van der Waals surface area contributed by atoms with Crippen LogP contribution in [0.15, 0.2) is 46.8 Å². The number of amides is 1. The van der Waals surface area contributed by atoms with Gasteiger partial charge in [0.25, 0.3) is 0 Å². The number of carbonyl (C=O) groups is 1. The molecule has 1 aromatic heterocycles. The number of nitrogens with zero attached hydrogens (tertiary/aromatic N) is 2. The molecule has 1 amide bonds. The average molecular weight is 558 g/mol. The second-order valence-corrected chi connectivity index (χ2v) is 8.19. The Balaban J connectivity index is 0.00000341. The van der Waals surface area contributed by atoms with E-state index in [2.05, 4.69) is 43.4 Å². The first-order chi connectivity index (χ1) is 14.7. The van der Waals surface area contributed by atoms with Gasteiger partial charge in [0.15, 0.2) is 5.96 Å². The average Bonchev–Trinajstić information content (AvgIpc) is 3.50. The van der Waals surface area contributed by atoms with E-state index in [1.165, 1.54) is 17.7 Å². The SMILES string of the molecule is CN=C(NCC(=O)NCc1ccc(OC)cc1)NCC(c1cccs1)N1CCCC1.I. The number of ether oxygens (including phenoxy) is 1. The van der Waals surface area contributed by atoms with Crippen LogP contribution in [0.25, 0.3) is 0 Å². The molecule has 1 saturated heterocycles. The highest BCUT2D eigenvalue weighted by atomic mass is 127. The first-order valence-electron chi connectivity index (χ1n) is 10.3. The first kappa shape index (κ1) is 25.4. The van der Waals surface area contributed by atoms with Gasteiger partial charge in [0.05, 0.1) is 19.7 Å². The van der Waals surface area contributed by atoms with Crippen LogP contribution in [-0.2, 0) is 11.3 Å². The minimum atomic E-state index is -0.0804. The third-order valence-electron chi connectivity index (χ3n) is 5.20. The number of nitrogens with one attached hydrogen (secondary N) is 3. The molecule has 0 radical (unpaired) electrons. The monoisotopic (exact) mass is 557 g/mol. The number of benzene rings is 1. The largest absolute Gasteiger partial charge is 0.497 e. The zero-order valence-electron chi connectivity index (χ0n) is 18.1. The quantitative estimate of drug-likeness (QED) is 0.251. The van der Waals surface area contributed by atoms with Crippen LogP contribution in [0.4, 0.5) is 0 Å². The summed E-state index contributed by atoms with van der Waals surface area (Å²) in [5.74, 6) is 1.36. The van der Waals surface area contributed by atoms with E-state index in [0.717, 1.165) is 30.9 Å². The Morgan fingerprint density at radius 1 is 1.16 bits per heavy atom. The molecule has 1 atom stereocenters. The Bertz CT molecular complexity index is 808. The molecule has 1 unspecified atom stereocenters. The molecule has 1 aliphatic rings. The molecule has 7 nitrogen and oxygen atoms in total. The highest BCUT2D eigenvalue weighted by molar-refractivity contribution is 14.0. The van der Waals surface area contributed by atoms with Crippen LogP contribution in [0.5, 0.6) is 5.75 Å². The highest BCUT2D eigenvalue weighted by Crippen LogP contribution is 2.27. The van der Waals surface area contributed by atoms with E-state index >= 15 is 0 Å². The summed E-state index contributed by atoms with van der Waals surface area (Å²) >= 11 is 1.79. The molecule has 0 aliphatic carbocycles. The maximum absolute atomic E-state index is 12.2. The van der Waals surface area contributed by atoms with Gasteiger partial charge in [-0.05, 0) is 55.1 Å². The third-order valence-corrected chi connectivity index (χ3v) is 6.18. The Labute approximate surface area is 205 Å². The van der Waals surface area contributed by atoms with Crippen molar-refractivity contribution in [3.8, 4) is 5.75 Å². The fourth-order valence-electron chi connectivity index (χ4n) is 3.53. The topological polar surface area (TPSA) is 78.0 Å². The van der Waals surface area contributed by atoms with Gasteiger partial charge < -0.3 is 20.7 Å². The van der Waals surface area contributed by atoms with E-state index in [4.69, 9.17) is 4.74 Å². The molecule has 0 bridgehead atoms. The smallest absolute Gasteiger partial charge is 0.239 e. The molecule has 31 heavy (non-hydrogen) atoms. The lowest BCUT2D eigenvalue weighted by Gasteiger charge is -2.27. The summed E-state index contributed by atoms with van der Waals surface area (Å²) in [6.45, 7) is 3.66. The van der Waals surface area contributed by atoms with Crippen molar-refractivity contribution in [1.29, 1.82) is 0 Å². The molecule has 9 heteroatoms. The van der Waals surface area contributed by atoms with Gasteiger partial charge >= 0.3 is 0 Å². The molecule has 3 rings (SSSR count). The fraction of sp³-hybridized carbons (Fsp3) is 0.455. The second kappa shape index (κ2) is 13.5. The first-order valence-corrected chi connectivity index (χ1v) is 11.2. The normalized spacial score (nSPS) is 15.1. The highest BCUT2D eigenvalue weighted by Gasteiger charge is 2.24. The van der Waals surface area contributed by atoms with Gasteiger partial charge in [-0.3, -0.25) is 14.7 Å². The Hall–Kier alpha value is -1.85. The Kier molecular flexibility index (Phi) is 11.1. The molecule has 3 N–H and O–H groups in total. The van der Waals surface area contributed by atoms with Gasteiger partial charge in [0, 0.05) is 25.0 Å². The number of guanidine groups is 1. The van der Waals surface area contributed by atoms with E-state index in [-0.39, 0.29) is 36.4 Å². The van der Waals surface area contributed by atoms with Crippen molar-refractivity contribution in [3.63, 3.8) is 0 Å². The zero-order chi connectivity index (χ0) is 21.2. The van der Waals surface area contributed by atoms with Gasteiger partial charge in [-0.25, -0.2) is 0 Å². The summed E-state index contributed by atoms with van der Waals surface area (Å²) in [4.78, 5) is 20.3. The van der Waals surface area contributed by atoms with Crippen LogP contribution >= 0.6 is 35.3 Å². The number of thiophene rings is 1. The van der Waals surface area contributed by atoms with Crippen LogP contribution in [0.3, 0.4) is 0 Å². The number of hydrogen-bond donors (Lipinski definition) is 3. The molecule has 0 spiro atoms. The molecular formula is C22H32IN5O2S. The molecule has 1 aliphatic heterocycles. The van der Waals surface area contributed by atoms with Crippen LogP contribution in [0, 0.1) is 0 Å². The number of hydrogen-bond acceptors (Lipinski definition) is 5. The maximum Gasteiger partial charge on any atom is 0.239 e. The lowest BCUT2D eigenvalue weighted by molar-refractivity contribution is -0.120. The predicted molar refractivity (Wildman–Crippen MR) is 137 cm³/mol. The lowest BCUT2D eigenvalue weighted by Crippen LogP contribution is -2.45. The minimum Gasteiger partial charge on any atom is -0.497 e. The van der Waals surface area contributed by atoms with Gasteiger partial charge in [0.1, 0.15) is 5.75 Å². The van der Waals surface area contributed by atoms with Crippen molar-refractivity contribution in [1.82, 2.24) is 20.9 Å². The molecule has 170 valence electrons. The Morgan fingerprint density at radius 3 is 2.52 bits per heavy atom. The van der Waals surface area contributed by atoms with Gasteiger partial charge in [-0.2, -0.15) is 0 Å². The molecule has 2 heterocycles. The van der Waals surface area contributed by atoms with E-state index in [0.29, 0.717) is 18.5 Å². The van der Waals surface area contributed by atoms with Crippen molar-refractivity contribution in [2.75, 3.05) is 40.3 Å². The van der Waals surface area contributed by atoms with Crippen molar-refractivity contribution >= 4 is 47.2 Å². The number of halogens is 1. The summed E-state index contributed by atoms with van der Waals surface area (Å²) < 4.78 is 5.15. The summed E-state index contributed by atoms with van der Waals surface area (Å²) in [5, 5.41) is 11.5. The fourth-order valence-corrected chi connectivity index (χ4v) is 4.39. The second-order valence-electron chi connectivity index (χ2n) is 7.21. The van der Waals surface area contributed by atoms with E-state index in [9.17, 15) is 4.79 Å². The van der Waals surface area contributed by atoms with E-state index in [1.54, 1.807) is 25.5 Å². The van der Waals surface area contributed by atoms with Gasteiger partial charge in [-0.15, -0.1) is 35.3 Å². The predicted octanol–water partition coefficient (Wildman–Crippen LogP) is 2.99. The number of carbonyl (C=O) groups excluding carboxylic acids is 1. The van der Waals surface area contributed by atoms with Gasteiger partial charge in [0.2, 0.25) is 5.91 Å². The van der Waals surface area contributed by atoms with Crippen molar-refractivity contribution in [2.45, 2.75) is 25.4 Å². The summed E-state index contributed by atoms with van der Waals surface area (Å²) in [5.41, 5.74) is 1.02. The number of methoxy groups -OCH3 is 1. The zero-order valence-corrected chi connectivity index (χ0v) is 21.2. The summed E-state index contributed by atoms with van der Waals surface area (Å²) in [6, 6.07) is 12.3. The van der Waals surface area contributed by atoms with Crippen molar-refractivity contribution in [2.24, 2.45) is 4.99 Å². The van der Waals surface area contributed by atoms with Gasteiger partial charge in [-0.1, -0.05) is 18.2 Å². The summed E-state index contributed by atoms with van der Waals surface area (Å²) in [7, 11) is 3.36.